The minimum atomic E-state index is -3.79. The Morgan fingerprint density at radius 3 is 2.72 bits per heavy atom. The van der Waals surface area contributed by atoms with Gasteiger partial charge in [0.1, 0.15) is 4.90 Å². The molecule has 29 heavy (non-hydrogen) atoms. The number of amides is 1. The maximum absolute atomic E-state index is 13.0. The van der Waals surface area contributed by atoms with Crippen LogP contribution in [0.2, 0.25) is 0 Å². The van der Waals surface area contributed by atoms with Crippen LogP contribution in [0.1, 0.15) is 24.0 Å². The van der Waals surface area contributed by atoms with Crippen molar-refractivity contribution >= 4 is 32.5 Å². The van der Waals surface area contributed by atoms with Crippen LogP contribution in [0.4, 0.5) is 5.69 Å². The van der Waals surface area contributed by atoms with E-state index in [9.17, 15) is 13.2 Å². The number of carbonyl (C=O) groups excluding carboxylic acids is 1. The molecule has 1 aliphatic carbocycles. The summed E-state index contributed by atoms with van der Waals surface area (Å²) in [5, 5.41) is 0.773. The van der Waals surface area contributed by atoms with Gasteiger partial charge in [-0.2, -0.15) is 0 Å². The predicted octanol–water partition coefficient (Wildman–Crippen LogP) is 3.33. The summed E-state index contributed by atoms with van der Waals surface area (Å²) in [6, 6.07) is 14.3. The second-order valence-corrected chi connectivity index (χ2v) is 9.36. The summed E-state index contributed by atoms with van der Waals surface area (Å²) >= 11 is 0. The topological polar surface area (TPSA) is 79.4 Å². The zero-order valence-corrected chi connectivity index (χ0v) is 16.7. The zero-order chi connectivity index (χ0) is 20.0. The summed E-state index contributed by atoms with van der Waals surface area (Å²) in [5.41, 5.74) is 3.11. The molecule has 0 saturated heterocycles. The van der Waals surface area contributed by atoms with Gasteiger partial charge in [-0.25, -0.2) is 8.42 Å². The van der Waals surface area contributed by atoms with Gasteiger partial charge in [-0.3, -0.25) is 14.5 Å². The number of pyridine rings is 1. The van der Waals surface area contributed by atoms with Crippen LogP contribution in [0.15, 0.2) is 59.6 Å². The number of nitrogens with one attached hydrogen (secondary N) is 1. The van der Waals surface area contributed by atoms with Crippen LogP contribution in [0, 0.1) is 5.92 Å². The van der Waals surface area contributed by atoms with Crippen molar-refractivity contribution in [2.75, 3.05) is 11.3 Å². The van der Waals surface area contributed by atoms with Gasteiger partial charge in [0, 0.05) is 36.3 Å². The van der Waals surface area contributed by atoms with Gasteiger partial charge in [0.2, 0.25) is 5.91 Å². The molecule has 0 atom stereocenters. The number of rotatable bonds is 4. The van der Waals surface area contributed by atoms with E-state index in [0.29, 0.717) is 17.7 Å². The maximum Gasteiger partial charge on any atom is 0.264 e. The molecule has 3 aromatic rings. The summed E-state index contributed by atoms with van der Waals surface area (Å²) in [6.45, 7) is 1.27. The summed E-state index contributed by atoms with van der Waals surface area (Å²) < 4.78 is 28.8. The Hall–Kier alpha value is -2.93. The maximum atomic E-state index is 13.0. The molecule has 0 unspecified atom stereocenters. The molecule has 2 aliphatic rings. The molecule has 1 fully saturated rings. The third-order valence-corrected chi connectivity index (χ3v) is 7.01. The van der Waals surface area contributed by atoms with Gasteiger partial charge in [-0.15, -0.1) is 0 Å². The van der Waals surface area contributed by atoms with Crippen LogP contribution in [0.25, 0.3) is 10.9 Å². The Labute approximate surface area is 169 Å². The summed E-state index contributed by atoms with van der Waals surface area (Å²) in [4.78, 5) is 18.7. The van der Waals surface area contributed by atoms with E-state index in [1.165, 1.54) is 5.56 Å². The first-order chi connectivity index (χ1) is 14.0. The standard InChI is InChI=1S/C22H21N3O3S/c26-22(17-6-7-17)25-12-10-15-8-9-19(13-18(15)14-25)24-29(27,28)20-5-1-3-16-4-2-11-23-21(16)20/h1-5,8-9,11,13,17,24H,6-7,10,12,14H2. The van der Waals surface area contributed by atoms with Gasteiger partial charge < -0.3 is 4.90 Å². The van der Waals surface area contributed by atoms with Crippen LogP contribution in [-0.2, 0) is 27.8 Å². The zero-order valence-electron chi connectivity index (χ0n) is 15.8. The lowest BCUT2D eigenvalue weighted by molar-refractivity contribution is -0.133. The van der Waals surface area contributed by atoms with E-state index in [2.05, 4.69) is 9.71 Å². The number of benzene rings is 2. The highest BCUT2D eigenvalue weighted by Gasteiger charge is 2.34. The molecule has 1 saturated carbocycles. The van der Waals surface area contributed by atoms with Gasteiger partial charge in [0.05, 0.1) is 5.52 Å². The Morgan fingerprint density at radius 2 is 1.90 bits per heavy atom. The van der Waals surface area contributed by atoms with Crippen LogP contribution in [-0.4, -0.2) is 30.8 Å². The number of aromatic nitrogens is 1. The average molecular weight is 407 g/mol. The van der Waals surface area contributed by atoms with Crippen molar-refractivity contribution in [3.63, 3.8) is 0 Å². The number of anilines is 1. The van der Waals surface area contributed by atoms with E-state index in [0.717, 1.165) is 36.8 Å². The Balaban J connectivity index is 1.43. The first kappa shape index (κ1) is 18.1. The predicted molar refractivity (Wildman–Crippen MR) is 111 cm³/mol. The Kier molecular flexibility index (Phi) is 4.28. The normalized spacial score (nSPS) is 16.5. The highest BCUT2D eigenvalue weighted by atomic mass is 32.2. The van der Waals surface area contributed by atoms with Gasteiger partial charge in [0.25, 0.3) is 10.0 Å². The molecule has 6 nitrogen and oxygen atoms in total. The third-order valence-electron chi connectivity index (χ3n) is 5.59. The Bertz CT molecular complexity index is 1210. The molecule has 1 N–H and O–H groups in total. The number of sulfonamides is 1. The Morgan fingerprint density at radius 1 is 1.07 bits per heavy atom. The third kappa shape index (κ3) is 3.46. The molecule has 0 bridgehead atoms. The van der Waals surface area contributed by atoms with E-state index >= 15 is 0 Å². The second-order valence-electron chi connectivity index (χ2n) is 7.70. The lowest BCUT2D eigenvalue weighted by Crippen LogP contribution is -2.36. The molecule has 148 valence electrons. The molecule has 2 aromatic carbocycles. The second kappa shape index (κ2) is 6.84. The molecule has 1 aromatic heterocycles. The van der Waals surface area contributed by atoms with Crippen molar-refractivity contribution in [1.29, 1.82) is 0 Å². The van der Waals surface area contributed by atoms with Crippen LogP contribution in [0.5, 0.6) is 0 Å². The average Bonchev–Trinajstić information content (AvgIpc) is 3.57. The summed E-state index contributed by atoms with van der Waals surface area (Å²) in [5.74, 6) is 0.417. The van der Waals surface area contributed by atoms with E-state index < -0.39 is 10.0 Å². The van der Waals surface area contributed by atoms with E-state index in [1.54, 1.807) is 30.5 Å². The van der Waals surface area contributed by atoms with Gasteiger partial charge in [0.15, 0.2) is 0 Å². The lowest BCUT2D eigenvalue weighted by atomic mass is 9.99. The number of fused-ring (bicyclic) bond motifs is 2. The fourth-order valence-electron chi connectivity index (χ4n) is 3.90. The number of para-hydroxylation sites is 1. The lowest BCUT2D eigenvalue weighted by Gasteiger charge is -2.29. The number of hydrogen-bond acceptors (Lipinski definition) is 4. The van der Waals surface area contributed by atoms with Gasteiger partial charge >= 0.3 is 0 Å². The summed E-state index contributed by atoms with van der Waals surface area (Å²) in [7, 11) is -3.79. The van der Waals surface area contributed by atoms with Gasteiger partial charge in [-0.1, -0.05) is 24.3 Å². The largest absolute Gasteiger partial charge is 0.338 e. The molecule has 2 heterocycles. The molecule has 5 rings (SSSR count). The minimum Gasteiger partial charge on any atom is -0.338 e. The van der Waals surface area contributed by atoms with Crippen molar-refractivity contribution in [3.8, 4) is 0 Å². The quantitative estimate of drug-likeness (QED) is 0.719. The molecular formula is C22H21N3O3S. The summed E-state index contributed by atoms with van der Waals surface area (Å²) in [6.07, 6.45) is 4.36. The first-order valence-corrected chi connectivity index (χ1v) is 11.3. The number of hydrogen-bond donors (Lipinski definition) is 1. The molecular weight excluding hydrogens is 386 g/mol. The van der Waals surface area contributed by atoms with Crippen molar-refractivity contribution in [3.05, 3.63) is 65.9 Å². The number of nitrogens with zero attached hydrogens (tertiary/aromatic N) is 2. The SMILES string of the molecule is O=C(C1CC1)N1CCc2ccc(NS(=O)(=O)c3cccc4cccnc34)cc2C1. The monoisotopic (exact) mass is 407 g/mol. The molecule has 1 aliphatic heterocycles. The fraction of sp³-hybridized carbons (Fsp3) is 0.273. The van der Waals surface area contributed by atoms with Crippen LogP contribution >= 0.6 is 0 Å². The highest BCUT2D eigenvalue weighted by Crippen LogP contribution is 2.33. The number of carbonyl (C=O) groups is 1. The fourth-order valence-corrected chi connectivity index (χ4v) is 5.13. The smallest absolute Gasteiger partial charge is 0.264 e. The molecule has 0 spiro atoms. The van der Waals surface area contributed by atoms with Crippen molar-refractivity contribution in [1.82, 2.24) is 9.88 Å². The first-order valence-electron chi connectivity index (χ1n) is 9.78. The molecule has 7 heteroatoms. The van der Waals surface area contributed by atoms with E-state index in [-0.39, 0.29) is 16.7 Å². The minimum absolute atomic E-state index is 0.152. The van der Waals surface area contributed by atoms with Crippen LogP contribution in [0.3, 0.4) is 0 Å². The van der Waals surface area contributed by atoms with E-state index in [4.69, 9.17) is 0 Å². The van der Waals surface area contributed by atoms with Crippen molar-refractivity contribution in [2.45, 2.75) is 30.7 Å². The molecule has 0 radical (unpaired) electrons. The van der Waals surface area contributed by atoms with E-state index in [1.807, 2.05) is 29.2 Å². The van der Waals surface area contributed by atoms with Crippen LogP contribution < -0.4 is 4.72 Å². The van der Waals surface area contributed by atoms with Crippen molar-refractivity contribution in [2.24, 2.45) is 5.92 Å². The molecule has 1 amide bonds. The van der Waals surface area contributed by atoms with Crippen molar-refractivity contribution < 1.29 is 13.2 Å². The highest BCUT2D eigenvalue weighted by molar-refractivity contribution is 7.93. The van der Waals surface area contributed by atoms with Gasteiger partial charge in [-0.05, 0) is 54.7 Å².